The quantitative estimate of drug-likeness (QED) is 0.367. The van der Waals surface area contributed by atoms with Gasteiger partial charge in [0, 0.05) is 18.0 Å². The molecule has 4 aromatic rings. The summed E-state index contributed by atoms with van der Waals surface area (Å²) in [5.41, 5.74) is 3.53. The summed E-state index contributed by atoms with van der Waals surface area (Å²) < 4.78 is 29.0. The number of pyridine rings is 1. The van der Waals surface area contributed by atoms with Crippen molar-refractivity contribution in [3.05, 3.63) is 89.3 Å². The van der Waals surface area contributed by atoms with Crippen molar-refractivity contribution in [2.75, 3.05) is 0 Å². The van der Waals surface area contributed by atoms with Gasteiger partial charge in [-0.25, -0.2) is 18.7 Å². The number of hydrogen-bond acceptors (Lipinski definition) is 6. The smallest absolute Gasteiger partial charge is 0.156 e. The summed E-state index contributed by atoms with van der Waals surface area (Å²) in [6.07, 6.45) is 4.99. The molecule has 0 radical (unpaired) electrons. The Bertz CT molecular complexity index is 1490. The SMILES string of the molecule is CC[C@@H](O)c1ncc(-c2cccc([C@@]34CC[C@@H](c5cc(-c6c(F)cccc6F)nnc53)C4(C)C)n2)cn1. The Labute approximate surface area is 213 Å². The molecule has 0 unspecified atom stereocenters. The average molecular weight is 500 g/mol. The van der Waals surface area contributed by atoms with E-state index < -0.39 is 23.2 Å². The summed E-state index contributed by atoms with van der Waals surface area (Å²) in [4.78, 5) is 13.7. The van der Waals surface area contributed by atoms with Gasteiger partial charge in [-0.15, -0.1) is 5.10 Å². The van der Waals surface area contributed by atoms with E-state index in [0.29, 0.717) is 12.2 Å². The molecule has 3 aromatic heterocycles. The molecule has 0 saturated heterocycles. The molecule has 1 saturated carbocycles. The monoisotopic (exact) mass is 499 g/mol. The first kappa shape index (κ1) is 23.7. The maximum Gasteiger partial charge on any atom is 0.156 e. The van der Waals surface area contributed by atoms with E-state index in [-0.39, 0.29) is 22.6 Å². The van der Waals surface area contributed by atoms with Crippen LogP contribution >= 0.6 is 0 Å². The first-order valence-corrected chi connectivity index (χ1v) is 12.6. The van der Waals surface area contributed by atoms with Crippen LogP contribution in [-0.2, 0) is 5.41 Å². The zero-order chi connectivity index (χ0) is 25.9. The van der Waals surface area contributed by atoms with E-state index in [1.54, 1.807) is 12.4 Å². The molecule has 2 aliphatic rings. The predicted molar refractivity (Wildman–Crippen MR) is 134 cm³/mol. The van der Waals surface area contributed by atoms with Gasteiger partial charge >= 0.3 is 0 Å². The van der Waals surface area contributed by atoms with Gasteiger partial charge in [0.15, 0.2) is 5.82 Å². The Kier molecular flexibility index (Phi) is 5.42. The highest BCUT2D eigenvalue weighted by atomic mass is 19.1. The van der Waals surface area contributed by atoms with Crippen LogP contribution in [-0.4, -0.2) is 30.3 Å². The van der Waals surface area contributed by atoms with Crippen molar-refractivity contribution in [1.29, 1.82) is 0 Å². The number of hydrogen-bond donors (Lipinski definition) is 1. The zero-order valence-corrected chi connectivity index (χ0v) is 20.9. The Morgan fingerprint density at radius 3 is 2.41 bits per heavy atom. The van der Waals surface area contributed by atoms with Crippen molar-refractivity contribution in [2.24, 2.45) is 5.41 Å². The van der Waals surface area contributed by atoms with Gasteiger partial charge in [0.2, 0.25) is 0 Å². The molecule has 1 fully saturated rings. The molecule has 6 rings (SSSR count). The highest BCUT2D eigenvalue weighted by Crippen LogP contribution is 2.69. The second-order valence-corrected chi connectivity index (χ2v) is 10.5. The topological polar surface area (TPSA) is 84.7 Å². The molecule has 6 nitrogen and oxygen atoms in total. The van der Waals surface area contributed by atoms with Crippen LogP contribution in [0, 0.1) is 17.0 Å². The molecular formula is C29H27F2N5O. The molecule has 3 heterocycles. The van der Waals surface area contributed by atoms with E-state index in [4.69, 9.17) is 4.98 Å². The summed E-state index contributed by atoms with van der Waals surface area (Å²) in [7, 11) is 0. The van der Waals surface area contributed by atoms with Crippen LogP contribution in [0.3, 0.4) is 0 Å². The normalized spacial score (nSPS) is 22.2. The molecule has 1 aromatic carbocycles. The molecule has 0 amide bonds. The maximum atomic E-state index is 14.5. The predicted octanol–water partition coefficient (Wildman–Crippen LogP) is 5.92. The Morgan fingerprint density at radius 2 is 1.70 bits per heavy atom. The van der Waals surface area contributed by atoms with Gasteiger partial charge in [-0.2, -0.15) is 5.10 Å². The summed E-state index contributed by atoms with van der Waals surface area (Å²) in [5.74, 6) is -0.751. The number of benzene rings is 1. The van der Waals surface area contributed by atoms with Crippen molar-refractivity contribution in [3.63, 3.8) is 0 Å². The fraction of sp³-hybridized carbons (Fsp3) is 0.345. The van der Waals surface area contributed by atoms with Crippen LogP contribution in [0.2, 0.25) is 0 Å². The third-order valence-corrected chi connectivity index (χ3v) is 8.44. The molecule has 2 aliphatic carbocycles. The zero-order valence-electron chi connectivity index (χ0n) is 20.9. The molecular weight excluding hydrogens is 472 g/mol. The molecule has 188 valence electrons. The first-order valence-electron chi connectivity index (χ1n) is 12.6. The van der Waals surface area contributed by atoms with Gasteiger partial charge in [-0.1, -0.05) is 32.9 Å². The fourth-order valence-electron chi connectivity index (χ4n) is 6.41. The molecule has 0 spiro atoms. The molecule has 0 aliphatic heterocycles. The maximum absolute atomic E-state index is 14.5. The molecule has 1 N–H and O–H groups in total. The summed E-state index contributed by atoms with van der Waals surface area (Å²) in [6, 6.07) is 11.5. The van der Waals surface area contributed by atoms with E-state index >= 15 is 0 Å². The van der Waals surface area contributed by atoms with Crippen molar-refractivity contribution in [1.82, 2.24) is 25.1 Å². The van der Waals surface area contributed by atoms with E-state index in [0.717, 1.165) is 41.1 Å². The van der Waals surface area contributed by atoms with Crippen molar-refractivity contribution in [3.8, 4) is 22.5 Å². The lowest BCUT2D eigenvalue weighted by atomic mass is 9.66. The van der Waals surface area contributed by atoms with Gasteiger partial charge in [-0.3, -0.25) is 4.98 Å². The lowest BCUT2D eigenvalue weighted by Crippen LogP contribution is -2.37. The van der Waals surface area contributed by atoms with Crippen LogP contribution in [0.5, 0.6) is 0 Å². The highest BCUT2D eigenvalue weighted by Gasteiger charge is 2.65. The number of nitrogens with zero attached hydrogens (tertiary/aromatic N) is 5. The number of aliphatic hydroxyl groups excluding tert-OH is 1. The second kappa shape index (κ2) is 8.45. The molecule has 8 heteroatoms. The van der Waals surface area contributed by atoms with E-state index in [1.165, 1.54) is 18.2 Å². The first-order chi connectivity index (χ1) is 17.8. The lowest BCUT2D eigenvalue weighted by molar-refractivity contribution is 0.163. The Balaban J connectivity index is 1.45. The summed E-state index contributed by atoms with van der Waals surface area (Å²) in [6.45, 7) is 6.31. The number of fused-ring (bicyclic) bond motifs is 5. The lowest BCUT2D eigenvalue weighted by Gasteiger charge is -2.37. The van der Waals surface area contributed by atoms with Crippen LogP contribution < -0.4 is 0 Å². The molecule has 2 bridgehead atoms. The highest BCUT2D eigenvalue weighted by molar-refractivity contribution is 5.65. The number of aliphatic hydroxyl groups is 1. The standard InChI is InChI=1S/C29H27F2N5O/c1-4-23(37)27-32-14-16(15-33-27)21-9-6-10-24(34-21)29-12-11-18(28(29,2)3)17-13-22(35-36-26(17)29)25-19(30)7-5-8-20(25)31/h5-10,13-15,18,23,37H,4,11-12H2,1-3H3/t18-,23+,29-/m0/s1. The number of rotatable bonds is 5. The second-order valence-electron chi connectivity index (χ2n) is 10.5. The van der Waals surface area contributed by atoms with E-state index in [1.807, 2.05) is 31.2 Å². The summed E-state index contributed by atoms with van der Waals surface area (Å²) in [5, 5.41) is 18.9. The summed E-state index contributed by atoms with van der Waals surface area (Å²) >= 11 is 0. The third-order valence-electron chi connectivity index (χ3n) is 8.44. The minimum atomic E-state index is -0.695. The van der Waals surface area contributed by atoms with Crippen molar-refractivity contribution >= 4 is 0 Å². The minimum Gasteiger partial charge on any atom is -0.385 e. The Hall–Kier alpha value is -3.65. The van der Waals surface area contributed by atoms with Crippen LogP contribution in [0.25, 0.3) is 22.5 Å². The van der Waals surface area contributed by atoms with Crippen molar-refractivity contribution < 1.29 is 13.9 Å². The third kappa shape index (κ3) is 3.35. The van der Waals surface area contributed by atoms with Crippen LogP contribution in [0.4, 0.5) is 8.78 Å². The van der Waals surface area contributed by atoms with Crippen LogP contribution in [0.15, 0.2) is 54.9 Å². The van der Waals surface area contributed by atoms with Gasteiger partial charge < -0.3 is 5.11 Å². The van der Waals surface area contributed by atoms with E-state index in [9.17, 15) is 13.9 Å². The fourth-order valence-corrected chi connectivity index (χ4v) is 6.41. The number of halogens is 2. The van der Waals surface area contributed by atoms with Gasteiger partial charge in [0.1, 0.15) is 17.7 Å². The average Bonchev–Trinajstić information content (AvgIpc) is 3.29. The molecule has 3 atom stereocenters. The van der Waals surface area contributed by atoms with Crippen molar-refractivity contribution in [2.45, 2.75) is 57.5 Å². The largest absolute Gasteiger partial charge is 0.385 e. The van der Waals surface area contributed by atoms with Gasteiger partial charge in [0.05, 0.1) is 33.8 Å². The van der Waals surface area contributed by atoms with Gasteiger partial charge in [-0.05, 0) is 66.5 Å². The molecule has 37 heavy (non-hydrogen) atoms. The van der Waals surface area contributed by atoms with Crippen LogP contribution in [0.1, 0.15) is 74.8 Å². The minimum absolute atomic E-state index is 0.149. The number of aromatic nitrogens is 5. The van der Waals surface area contributed by atoms with Gasteiger partial charge in [0.25, 0.3) is 0 Å². The van der Waals surface area contributed by atoms with E-state index in [2.05, 4.69) is 34.0 Å². The Morgan fingerprint density at radius 1 is 1.00 bits per heavy atom.